The normalized spacial score (nSPS) is 12.5. The smallest absolute Gasteiger partial charge is 0.282 e. The van der Waals surface area contributed by atoms with E-state index in [-0.39, 0.29) is 18.4 Å². The molecule has 1 unspecified atom stereocenters. The summed E-state index contributed by atoms with van der Waals surface area (Å²) in [6.07, 6.45) is 0.830. The zero-order valence-corrected chi connectivity index (χ0v) is 15.9. The number of nitrogens with zero attached hydrogens (tertiary/aromatic N) is 1. The van der Waals surface area contributed by atoms with E-state index in [0.717, 1.165) is 22.6 Å². The number of aryl methyl sites for hydroxylation is 1. The number of nitriles is 1. The Kier molecular flexibility index (Phi) is 7.09. The lowest BCUT2D eigenvalue weighted by Gasteiger charge is -2.21. The Morgan fingerprint density at radius 3 is 2.37 bits per heavy atom. The molecule has 2 amide bonds. The summed E-state index contributed by atoms with van der Waals surface area (Å²) in [5, 5.41) is 14.8. The number of anilines is 2. The Morgan fingerprint density at radius 2 is 1.70 bits per heavy atom. The van der Waals surface area contributed by atoms with Crippen molar-refractivity contribution in [3.8, 4) is 6.07 Å². The number of quaternary nitrogens is 1. The first-order valence-electron chi connectivity index (χ1n) is 8.96. The van der Waals surface area contributed by atoms with Gasteiger partial charge in [-0.25, -0.2) is 0 Å². The predicted molar refractivity (Wildman–Crippen MR) is 105 cm³/mol. The summed E-state index contributed by atoms with van der Waals surface area (Å²) in [4.78, 5) is 25.6. The fourth-order valence-electron chi connectivity index (χ4n) is 2.71. The van der Waals surface area contributed by atoms with Crippen LogP contribution in [0.2, 0.25) is 0 Å². The Hall–Kier alpha value is -3.17. The summed E-state index contributed by atoms with van der Waals surface area (Å²) in [5.74, 6) is -0.387. The van der Waals surface area contributed by atoms with E-state index in [4.69, 9.17) is 5.26 Å². The van der Waals surface area contributed by atoms with Crippen LogP contribution < -0.4 is 15.5 Å². The van der Waals surface area contributed by atoms with Gasteiger partial charge in [-0.1, -0.05) is 37.3 Å². The van der Waals surface area contributed by atoms with Crippen molar-refractivity contribution < 1.29 is 14.5 Å². The van der Waals surface area contributed by atoms with Crippen LogP contribution in [0.5, 0.6) is 0 Å². The highest BCUT2D eigenvalue weighted by Gasteiger charge is 2.24. The fraction of sp³-hybridized carbons (Fsp3) is 0.286. The summed E-state index contributed by atoms with van der Waals surface area (Å²) < 4.78 is 0. The van der Waals surface area contributed by atoms with E-state index in [1.807, 2.05) is 31.2 Å². The first kappa shape index (κ1) is 20.1. The Balaban J connectivity index is 1.96. The van der Waals surface area contributed by atoms with E-state index in [9.17, 15) is 9.59 Å². The first-order valence-corrected chi connectivity index (χ1v) is 8.96. The summed E-state index contributed by atoms with van der Waals surface area (Å²) >= 11 is 0. The average molecular weight is 365 g/mol. The average Bonchev–Trinajstić information content (AvgIpc) is 2.68. The lowest BCUT2D eigenvalue weighted by molar-refractivity contribution is -0.885. The number of hydrogen-bond acceptors (Lipinski definition) is 3. The number of benzene rings is 2. The molecule has 0 aliphatic rings. The lowest BCUT2D eigenvalue weighted by Crippen LogP contribution is -3.14. The predicted octanol–water partition coefficient (Wildman–Crippen LogP) is 1.60. The van der Waals surface area contributed by atoms with Gasteiger partial charge in [0.2, 0.25) is 0 Å². The quantitative estimate of drug-likeness (QED) is 0.697. The number of likely N-dealkylation sites (N-methyl/N-ethyl adjacent to an activating group) is 1. The molecule has 6 heteroatoms. The third-order valence-electron chi connectivity index (χ3n) is 4.55. The Bertz CT molecular complexity index is 857. The van der Waals surface area contributed by atoms with Gasteiger partial charge in [0.15, 0.2) is 12.6 Å². The van der Waals surface area contributed by atoms with Crippen LogP contribution in [-0.4, -0.2) is 31.4 Å². The molecule has 0 bridgehead atoms. The highest BCUT2D eigenvalue weighted by molar-refractivity contribution is 5.95. The van der Waals surface area contributed by atoms with Gasteiger partial charge in [-0.05, 0) is 37.1 Å². The van der Waals surface area contributed by atoms with E-state index < -0.39 is 6.04 Å². The second-order valence-electron chi connectivity index (χ2n) is 6.45. The number of amides is 2. The Labute approximate surface area is 159 Å². The van der Waals surface area contributed by atoms with Crippen LogP contribution >= 0.6 is 0 Å². The largest absolute Gasteiger partial charge is 0.321 e. The van der Waals surface area contributed by atoms with Crippen molar-refractivity contribution in [1.29, 1.82) is 5.26 Å². The molecule has 0 aliphatic carbocycles. The topological polar surface area (TPSA) is 86.4 Å². The van der Waals surface area contributed by atoms with Crippen LogP contribution in [0.4, 0.5) is 11.4 Å². The maximum absolute atomic E-state index is 12.5. The molecule has 0 heterocycles. The number of carbonyl (C=O) groups excluding carboxylic acids is 2. The van der Waals surface area contributed by atoms with Crippen molar-refractivity contribution in [2.75, 3.05) is 24.2 Å². The number of para-hydroxylation sites is 2. The summed E-state index contributed by atoms with van der Waals surface area (Å²) in [6, 6.07) is 16.1. The molecule has 0 saturated heterocycles. The number of hydrogen-bond donors (Lipinski definition) is 3. The van der Waals surface area contributed by atoms with Crippen LogP contribution in [0.15, 0.2) is 48.5 Å². The number of carbonyl (C=O) groups is 2. The molecule has 3 N–H and O–H groups in total. The van der Waals surface area contributed by atoms with Crippen LogP contribution in [0.3, 0.4) is 0 Å². The van der Waals surface area contributed by atoms with Gasteiger partial charge in [0.1, 0.15) is 6.07 Å². The van der Waals surface area contributed by atoms with E-state index in [2.05, 4.69) is 16.7 Å². The molecule has 140 valence electrons. The summed E-state index contributed by atoms with van der Waals surface area (Å²) in [5.41, 5.74) is 2.76. The molecule has 0 aliphatic heterocycles. The van der Waals surface area contributed by atoms with Gasteiger partial charge in [0, 0.05) is 5.69 Å². The SMILES string of the molecule is CCc1ccccc1NC(=O)C[NH+](C)[C@@H](C)C(=O)Nc1ccccc1C#N. The van der Waals surface area contributed by atoms with E-state index >= 15 is 0 Å². The number of nitrogens with one attached hydrogen (secondary N) is 3. The van der Waals surface area contributed by atoms with E-state index in [1.165, 1.54) is 0 Å². The molecule has 0 saturated carbocycles. The molecule has 2 aromatic rings. The van der Waals surface area contributed by atoms with Crippen LogP contribution in [0.25, 0.3) is 0 Å². The monoisotopic (exact) mass is 365 g/mol. The van der Waals surface area contributed by atoms with Crippen molar-refractivity contribution in [3.05, 3.63) is 59.7 Å². The van der Waals surface area contributed by atoms with Gasteiger partial charge in [-0.2, -0.15) is 5.26 Å². The molecule has 2 atom stereocenters. The molecule has 0 fully saturated rings. The van der Waals surface area contributed by atoms with Crippen molar-refractivity contribution >= 4 is 23.2 Å². The fourth-order valence-corrected chi connectivity index (χ4v) is 2.71. The van der Waals surface area contributed by atoms with Crippen molar-refractivity contribution in [2.45, 2.75) is 26.3 Å². The van der Waals surface area contributed by atoms with Crippen molar-refractivity contribution in [2.24, 2.45) is 0 Å². The second-order valence-corrected chi connectivity index (χ2v) is 6.45. The van der Waals surface area contributed by atoms with E-state index in [1.54, 1.807) is 38.2 Å². The standard InChI is InChI=1S/C21H24N4O2/c1-4-16-9-5-7-11-18(16)23-20(26)14-25(3)15(2)21(27)24-19-12-8-6-10-17(19)13-22/h5-12,15H,4,14H2,1-3H3,(H,23,26)(H,24,27)/p+1/t15-/m0/s1. The molecular formula is C21H25N4O2+. The summed E-state index contributed by atoms with van der Waals surface area (Å²) in [6.45, 7) is 3.95. The van der Waals surface area contributed by atoms with Gasteiger partial charge >= 0.3 is 0 Å². The van der Waals surface area contributed by atoms with E-state index in [0.29, 0.717) is 11.3 Å². The Morgan fingerprint density at radius 1 is 1.07 bits per heavy atom. The molecule has 2 aromatic carbocycles. The highest BCUT2D eigenvalue weighted by Crippen LogP contribution is 2.15. The summed E-state index contributed by atoms with van der Waals surface area (Å²) in [7, 11) is 1.80. The van der Waals surface area contributed by atoms with Gasteiger partial charge in [0.25, 0.3) is 11.8 Å². The minimum Gasteiger partial charge on any atom is -0.321 e. The maximum Gasteiger partial charge on any atom is 0.282 e. The highest BCUT2D eigenvalue weighted by atomic mass is 16.2. The van der Waals surface area contributed by atoms with Crippen molar-refractivity contribution in [3.63, 3.8) is 0 Å². The molecule has 0 spiro atoms. The molecule has 6 nitrogen and oxygen atoms in total. The zero-order valence-electron chi connectivity index (χ0n) is 15.9. The third-order valence-corrected chi connectivity index (χ3v) is 4.55. The van der Waals surface area contributed by atoms with Gasteiger partial charge < -0.3 is 15.5 Å². The van der Waals surface area contributed by atoms with Crippen molar-refractivity contribution in [1.82, 2.24) is 0 Å². The molecule has 27 heavy (non-hydrogen) atoms. The second kappa shape index (κ2) is 9.51. The minimum atomic E-state index is -0.455. The zero-order chi connectivity index (χ0) is 19.8. The molecule has 0 radical (unpaired) electrons. The van der Waals surface area contributed by atoms with Gasteiger partial charge in [-0.3, -0.25) is 9.59 Å². The van der Waals surface area contributed by atoms with Crippen LogP contribution in [0, 0.1) is 11.3 Å². The minimum absolute atomic E-state index is 0.148. The molecule has 2 rings (SSSR count). The molecular weight excluding hydrogens is 340 g/mol. The number of rotatable bonds is 7. The van der Waals surface area contributed by atoms with Crippen LogP contribution in [-0.2, 0) is 16.0 Å². The lowest BCUT2D eigenvalue weighted by atomic mass is 10.1. The maximum atomic E-state index is 12.5. The van der Waals surface area contributed by atoms with Crippen LogP contribution in [0.1, 0.15) is 25.0 Å². The molecule has 0 aromatic heterocycles. The van der Waals surface area contributed by atoms with Gasteiger partial charge in [-0.15, -0.1) is 0 Å². The van der Waals surface area contributed by atoms with Gasteiger partial charge in [0.05, 0.1) is 18.3 Å². The first-order chi connectivity index (χ1) is 13.0. The third kappa shape index (κ3) is 5.40.